The molecule has 128 valence electrons. The van der Waals surface area contributed by atoms with Crippen LogP contribution in [0.25, 0.3) is 17.1 Å². The summed E-state index contributed by atoms with van der Waals surface area (Å²) in [5.74, 6) is 3.76. The number of aromatic amines is 1. The van der Waals surface area contributed by atoms with Gasteiger partial charge in [-0.25, -0.2) is 4.98 Å². The number of amides is 1. The number of hydrogen-bond donors (Lipinski definition) is 2. The minimum atomic E-state index is -0.131. The largest absolute Gasteiger partial charge is 0.461 e. The van der Waals surface area contributed by atoms with Crippen molar-refractivity contribution >= 4 is 23.0 Å². The molecule has 2 N–H and O–H groups in total. The maximum absolute atomic E-state index is 11.9. The molecular weight excluding hydrogens is 314 g/mol. The molecule has 0 spiro atoms. The predicted molar refractivity (Wildman–Crippen MR) is 97.1 cm³/mol. The first kappa shape index (κ1) is 15.7. The van der Waals surface area contributed by atoms with Crippen molar-refractivity contribution in [1.82, 2.24) is 15.3 Å². The lowest BCUT2D eigenvalue weighted by Gasteiger charge is -1.99. The summed E-state index contributed by atoms with van der Waals surface area (Å²) in [5.41, 5.74) is 1.96. The Morgan fingerprint density at radius 1 is 1.36 bits per heavy atom. The molecule has 2 atom stereocenters. The Morgan fingerprint density at radius 2 is 2.20 bits per heavy atom. The number of H-pyrrole nitrogens is 1. The van der Waals surface area contributed by atoms with Gasteiger partial charge >= 0.3 is 0 Å². The van der Waals surface area contributed by atoms with Gasteiger partial charge in [0.25, 0.3) is 0 Å². The number of furan rings is 1. The number of carbonyl (C=O) groups excluding carboxylic acids is 1. The lowest BCUT2D eigenvalue weighted by molar-refractivity contribution is -0.116. The van der Waals surface area contributed by atoms with Gasteiger partial charge in [-0.15, -0.1) is 0 Å². The molecule has 3 aromatic rings. The van der Waals surface area contributed by atoms with Gasteiger partial charge in [0.1, 0.15) is 17.3 Å². The average Bonchev–Trinajstić information content (AvgIpc) is 3.02. The van der Waals surface area contributed by atoms with Crippen LogP contribution in [0.4, 0.5) is 0 Å². The van der Waals surface area contributed by atoms with Crippen LogP contribution in [-0.2, 0) is 11.2 Å². The Morgan fingerprint density at radius 3 is 3.00 bits per heavy atom. The molecule has 0 aliphatic heterocycles. The highest BCUT2D eigenvalue weighted by Gasteiger charge is 2.36. The average molecular weight is 335 g/mol. The maximum atomic E-state index is 11.9. The molecule has 1 amide bonds. The van der Waals surface area contributed by atoms with Crippen LogP contribution in [0.1, 0.15) is 36.6 Å². The highest BCUT2D eigenvalue weighted by Crippen LogP contribution is 2.47. The van der Waals surface area contributed by atoms with E-state index in [1.165, 1.54) is 12.5 Å². The van der Waals surface area contributed by atoms with E-state index in [1.54, 1.807) is 6.08 Å². The zero-order valence-electron chi connectivity index (χ0n) is 14.2. The quantitative estimate of drug-likeness (QED) is 0.676. The zero-order valence-corrected chi connectivity index (χ0v) is 14.2. The Bertz CT molecular complexity index is 889. The van der Waals surface area contributed by atoms with E-state index in [0.29, 0.717) is 24.8 Å². The highest BCUT2D eigenvalue weighted by molar-refractivity contribution is 5.91. The minimum absolute atomic E-state index is 0.131. The van der Waals surface area contributed by atoms with E-state index < -0.39 is 0 Å². The summed E-state index contributed by atoms with van der Waals surface area (Å²) in [4.78, 5) is 19.7. The van der Waals surface area contributed by atoms with Crippen LogP contribution in [0.3, 0.4) is 0 Å². The summed E-state index contributed by atoms with van der Waals surface area (Å²) in [6.07, 6.45) is 5.09. The number of para-hydroxylation sites is 2. The molecular formula is C20H21N3O2. The first-order chi connectivity index (χ1) is 12.2. The van der Waals surface area contributed by atoms with Crippen LogP contribution < -0.4 is 5.32 Å². The Balaban J connectivity index is 1.26. The molecule has 2 aromatic heterocycles. The van der Waals surface area contributed by atoms with Crippen LogP contribution in [0.15, 0.2) is 46.9 Å². The SMILES string of the molecule is CC1CC1c1ccc(/C=C/C(=O)NCCc2nc3ccccc3[nH]2)o1. The molecule has 2 unspecified atom stereocenters. The van der Waals surface area contributed by atoms with Crippen molar-refractivity contribution in [2.75, 3.05) is 6.54 Å². The number of imidazole rings is 1. The van der Waals surface area contributed by atoms with Crippen LogP contribution in [-0.4, -0.2) is 22.4 Å². The highest BCUT2D eigenvalue weighted by atomic mass is 16.3. The van der Waals surface area contributed by atoms with E-state index in [2.05, 4.69) is 22.2 Å². The molecule has 1 fully saturated rings. The van der Waals surface area contributed by atoms with E-state index in [-0.39, 0.29) is 5.91 Å². The molecule has 4 rings (SSSR count). The number of fused-ring (bicyclic) bond motifs is 1. The monoisotopic (exact) mass is 335 g/mol. The van der Waals surface area contributed by atoms with Gasteiger partial charge in [-0.2, -0.15) is 0 Å². The van der Waals surface area contributed by atoms with Crippen molar-refractivity contribution in [2.24, 2.45) is 5.92 Å². The lowest BCUT2D eigenvalue weighted by Crippen LogP contribution is -2.23. The van der Waals surface area contributed by atoms with Gasteiger partial charge in [-0.05, 0) is 42.7 Å². The predicted octanol–water partition coefficient (Wildman–Crippen LogP) is 3.65. The van der Waals surface area contributed by atoms with Gasteiger partial charge in [0, 0.05) is 25.0 Å². The topological polar surface area (TPSA) is 70.9 Å². The second kappa shape index (κ2) is 6.59. The molecule has 0 saturated heterocycles. The standard InChI is InChI=1S/C20H21N3O2/c1-13-12-15(13)18-8-6-14(25-18)7-9-20(24)21-11-10-19-22-16-4-2-3-5-17(16)23-19/h2-9,13,15H,10-12H2,1H3,(H,21,24)(H,22,23)/b9-7+. The number of aromatic nitrogens is 2. The summed E-state index contributed by atoms with van der Waals surface area (Å²) in [5, 5.41) is 2.87. The molecule has 5 heteroatoms. The van der Waals surface area contributed by atoms with Gasteiger partial charge in [0.05, 0.1) is 11.0 Å². The van der Waals surface area contributed by atoms with Crippen LogP contribution in [0.5, 0.6) is 0 Å². The normalized spacial score (nSPS) is 19.6. The van der Waals surface area contributed by atoms with E-state index in [1.807, 2.05) is 36.4 Å². The third-order valence-corrected chi connectivity index (χ3v) is 4.62. The Labute approximate surface area is 146 Å². The molecule has 1 aliphatic carbocycles. The summed E-state index contributed by atoms with van der Waals surface area (Å²) in [6.45, 7) is 2.75. The van der Waals surface area contributed by atoms with Crippen molar-refractivity contribution in [1.29, 1.82) is 0 Å². The second-order valence-corrected chi connectivity index (χ2v) is 6.63. The molecule has 5 nitrogen and oxygen atoms in total. The number of benzene rings is 1. The van der Waals surface area contributed by atoms with E-state index >= 15 is 0 Å². The number of nitrogens with one attached hydrogen (secondary N) is 2. The number of carbonyl (C=O) groups is 1. The molecule has 0 radical (unpaired) electrons. The van der Waals surface area contributed by atoms with E-state index in [9.17, 15) is 4.79 Å². The van der Waals surface area contributed by atoms with Crippen LogP contribution in [0, 0.1) is 5.92 Å². The molecule has 1 saturated carbocycles. The minimum Gasteiger partial charge on any atom is -0.461 e. The smallest absolute Gasteiger partial charge is 0.244 e. The van der Waals surface area contributed by atoms with Crippen LogP contribution in [0.2, 0.25) is 0 Å². The van der Waals surface area contributed by atoms with Gasteiger partial charge in [0.2, 0.25) is 5.91 Å². The molecule has 2 heterocycles. The number of hydrogen-bond acceptors (Lipinski definition) is 3. The van der Waals surface area contributed by atoms with Crippen molar-refractivity contribution < 1.29 is 9.21 Å². The summed E-state index contributed by atoms with van der Waals surface area (Å²) in [7, 11) is 0. The Hall–Kier alpha value is -2.82. The number of rotatable bonds is 6. The summed E-state index contributed by atoms with van der Waals surface area (Å²) >= 11 is 0. The van der Waals surface area contributed by atoms with Gasteiger partial charge in [0.15, 0.2) is 0 Å². The third-order valence-electron chi connectivity index (χ3n) is 4.62. The summed E-state index contributed by atoms with van der Waals surface area (Å²) < 4.78 is 5.75. The summed E-state index contributed by atoms with van der Waals surface area (Å²) in [6, 6.07) is 11.8. The van der Waals surface area contributed by atoms with Gasteiger partial charge < -0.3 is 14.7 Å². The third kappa shape index (κ3) is 3.65. The number of nitrogens with zero attached hydrogens (tertiary/aromatic N) is 1. The molecule has 25 heavy (non-hydrogen) atoms. The van der Waals surface area contributed by atoms with Crippen molar-refractivity contribution in [2.45, 2.75) is 25.7 Å². The Kier molecular flexibility index (Phi) is 4.14. The maximum Gasteiger partial charge on any atom is 0.244 e. The molecule has 1 aliphatic rings. The lowest BCUT2D eigenvalue weighted by atomic mass is 10.3. The van der Waals surface area contributed by atoms with Gasteiger partial charge in [-0.3, -0.25) is 4.79 Å². The van der Waals surface area contributed by atoms with E-state index in [0.717, 1.165) is 28.4 Å². The fraction of sp³-hybridized carbons (Fsp3) is 0.300. The second-order valence-electron chi connectivity index (χ2n) is 6.63. The first-order valence-electron chi connectivity index (χ1n) is 8.68. The van der Waals surface area contributed by atoms with Crippen molar-refractivity contribution in [3.8, 4) is 0 Å². The first-order valence-corrected chi connectivity index (χ1v) is 8.68. The molecule has 0 bridgehead atoms. The fourth-order valence-electron chi connectivity index (χ4n) is 3.02. The van der Waals surface area contributed by atoms with Crippen LogP contribution >= 0.6 is 0 Å². The molecule has 1 aromatic carbocycles. The fourth-order valence-corrected chi connectivity index (χ4v) is 3.02. The van der Waals surface area contributed by atoms with Crippen molar-refractivity contribution in [3.63, 3.8) is 0 Å². The van der Waals surface area contributed by atoms with Crippen molar-refractivity contribution in [3.05, 3.63) is 59.8 Å². The van der Waals surface area contributed by atoms with Gasteiger partial charge in [-0.1, -0.05) is 19.1 Å². The zero-order chi connectivity index (χ0) is 17.2. The van der Waals surface area contributed by atoms with E-state index in [4.69, 9.17) is 4.42 Å².